The van der Waals surface area contributed by atoms with Crippen molar-refractivity contribution in [3.05, 3.63) is 35.4 Å². The molecule has 4 heteroatoms. The largest absolute Gasteiger partial charge is 0.478 e. The Labute approximate surface area is 100 Å². The van der Waals surface area contributed by atoms with E-state index in [0.29, 0.717) is 5.56 Å². The molecule has 3 nitrogen and oxygen atoms in total. The Morgan fingerprint density at radius 1 is 1.50 bits per heavy atom. The van der Waals surface area contributed by atoms with Gasteiger partial charge in [0.15, 0.2) is 0 Å². The molecule has 88 valence electrons. The normalized spacial score (nSPS) is 12.4. The highest BCUT2D eigenvalue weighted by Gasteiger charge is 2.08. The molecule has 0 saturated carbocycles. The first-order valence-corrected chi connectivity index (χ1v) is 6.41. The molecule has 0 aliphatic rings. The lowest BCUT2D eigenvalue weighted by atomic mass is 10.1. The third kappa shape index (κ3) is 4.24. The van der Waals surface area contributed by atoms with Crippen LogP contribution >= 0.6 is 11.8 Å². The number of hydrogen-bond acceptors (Lipinski definition) is 3. The molecule has 1 aromatic rings. The Balaban J connectivity index is 2.50. The monoisotopic (exact) mass is 239 g/mol. The summed E-state index contributed by atoms with van der Waals surface area (Å²) in [4.78, 5) is 10.9. The molecule has 3 N–H and O–H groups in total. The predicted octanol–water partition coefficient (Wildman–Crippen LogP) is 2.36. The second-order valence-corrected chi connectivity index (χ2v) is 4.89. The number of nitrogens with two attached hydrogens (primary N) is 1. The minimum absolute atomic E-state index is 0.210. The van der Waals surface area contributed by atoms with Crippen LogP contribution in [-0.4, -0.2) is 22.9 Å². The summed E-state index contributed by atoms with van der Waals surface area (Å²) in [5, 5.41) is 8.98. The van der Waals surface area contributed by atoms with Crippen LogP contribution in [0.2, 0.25) is 0 Å². The molecule has 1 aromatic carbocycles. The lowest BCUT2D eigenvalue weighted by Gasteiger charge is -2.07. The zero-order chi connectivity index (χ0) is 12.0. The average Bonchev–Trinajstić information content (AvgIpc) is 2.24. The zero-order valence-electron chi connectivity index (χ0n) is 9.35. The van der Waals surface area contributed by atoms with Gasteiger partial charge in [0.05, 0.1) is 5.56 Å². The molecule has 0 heterocycles. The van der Waals surface area contributed by atoms with Crippen LogP contribution in [0.1, 0.15) is 29.3 Å². The molecule has 0 aliphatic heterocycles. The Morgan fingerprint density at radius 3 is 2.81 bits per heavy atom. The van der Waals surface area contributed by atoms with Gasteiger partial charge >= 0.3 is 5.97 Å². The van der Waals surface area contributed by atoms with Gasteiger partial charge in [-0.2, -0.15) is 11.8 Å². The first kappa shape index (κ1) is 13.1. The minimum atomic E-state index is -0.858. The van der Waals surface area contributed by atoms with Crippen LogP contribution in [0, 0.1) is 0 Å². The van der Waals surface area contributed by atoms with Crippen molar-refractivity contribution >= 4 is 17.7 Å². The number of aromatic carboxylic acids is 1. The van der Waals surface area contributed by atoms with Crippen molar-refractivity contribution in [1.82, 2.24) is 0 Å². The van der Waals surface area contributed by atoms with Crippen molar-refractivity contribution in [1.29, 1.82) is 0 Å². The second kappa shape index (κ2) is 6.55. The SMILES string of the molecule is CC(N)CCSCc1ccccc1C(=O)O. The molecule has 0 spiro atoms. The fourth-order valence-corrected chi connectivity index (χ4v) is 2.46. The molecule has 0 fully saturated rings. The van der Waals surface area contributed by atoms with Crippen LogP contribution in [0.25, 0.3) is 0 Å². The van der Waals surface area contributed by atoms with E-state index in [9.17, 15) is 4.79 Å². The first-order chi connectivity index (χ1) is 7.61. The Bertz CT molecular complexity index is 353. The number of thioether (sulfide) groups is 1. The van der Waals surface area contributed by atoms with E-state index < -0.39 is 5.97 Å². The number of carbonyl (C=O) groups is 1. The van der Waals surface area contributed by atoms with E-state index in [1.54, 1.807) is 23.9 Å². The fourth-order valence-electron chi connectivity index (χ4n) is 1.31. The van der Waals surface area contributed by atoms with Gasteiger partial charge in [-0.25, -0.2) is 4.79 Å². The van der Waals surface area contributed by atoms with Crippen LogP contribution in [0.4, 0.5) is 0 Å². The molecule has 0 saturated heterocycles. The molecular formula is C12H17NO2S. The Kier molecular flexibility index (Phi) is 5.35. The average molecular weight is 239 g/mol. The Hall–Kier alpha value is -1.00. The first-order valence-electron chi connectivity index (χ1n) is 5.25. The van der Waals surface area contributed by atoms with Gasteiger partial charge in [-0.05, 0) is 30.7 Å². The molecule has 0 aromatic heterocycles. The van der Waals surface area contributed by atoms with Gasteiger partial charge in [-0.3, -0.25) is 0 Å². The summed E-state index contributed by atoms with van der Waals surface area (Å²) >= 11 is 1.72. The highest BCUT2D eigenvalue weighted by molar-refractivity contribution is 7.98. The number of carboxylic acid groups (broad SMARTS) is 1. The summed E-state index contributed by atoms with van der Waals surface area (Å²) in [5.74, 6) is 0.837. The third-order valence-corrected chi connectivity index (χ3v) is 3.26. The van der Waals surface area contributed by atoms with E-state index in [1.165, 1.54) is 0 Å². The van der Waals surface area contributed by atoms with Crippen LogP contribution in [0.5, 0.6) is 0 Å². The van der Waals surface area contributed by atoms with Crippen molar-refractivity contribution in [2.24, 2.45) is 5.73 Å². The number of rotatable bonds is 6. The highest BCUT2D eigenvalue weighted by Crippen LogP contribution is 2.17. The van der Waals surface area contributed by atoms with Gasteiger partial charge in [-0.1, -0.05) is 18.2 Å². The van der Waals surface area contributed by atoms with Crippen molar-refractivity contribution in [3.63, 3.8) is 0 Å². The lowest BCUT2D eigenvalue weighted by Crippen LogP contribution is -2.15. The highest BCUT2D eigenvalue weighted by atomic mass is 32.2. The van der Waals surface area contributed by atoms with Crippen molar-refractivity contribution < 1.29 is 9.90 Å². The maximum atomic E-state index is 10.9. The fraction of sp³-hybridized carbons (Fsp3) is 0.417. The molecule has 1 atom stereocenters. The molecule has 0 radical (unpaired) electrons. The van der Waals surface area contributed by atoms with E-state index in [-0.39, 0.29) is 6.04 Å². The number of hydrogen-bond donors (Lipinski definition) is 2. The van der Waals surface area contributed by atoms with E-state index in [4.69, 9.17) is 10.8 Å². The summed E-state index contributed by atoms with van der Waals surface area (Å²) in [7, 11) is 0. The van der Waals surface area contributed by atoms with Crippen LogP contribution in [-0.2, 0) is 5.75 Å². The number of carboxylic acids is 1. The maximum Gasteiger partial charge on any atom is 0.335 e. The standard InChI is InChI=1S/C12H17NO2S/c1-9(13)6-7-16-8-10-4-2-3-5-11(10)12(14)15/h2-5,9H,6-8,13H2,1H3,(H,14,15). The van der Waals surface area contributed by atoms with Gasteiger partial charge < -0.3 is 10.8 Å². The summed E-state index contributed by atoms with van der Waals surface area (Å²) in [6, 6.07) is 7.33. The van der Waals surface area contributed by atoms with Gasteiger partial charge in [0, 0.05) is 11.8 Å². The number of benzene rings is 1. The molecule has 0 bridgehead atoms. The van der Waals surface area contributed by atoms with Gasteiger partial charge in [-0.15, -0.1) is 0 Å². The topological polar surface area (TPSA) is 63.3 Å². The van der Waals surface area contributed by atoms with Gasteiger partial charge in [0.1, 0.15) is 0 Å². The molecule has 16 heavy (non-hydrogen) atoms. The molecular weight excluding hydrogens is 222 g/mol. The summed E-state index contributed by atoms with van der Waals surface area (Å²) in [6.07, 6.45) is 0.958. The summed E-state index contributed by atoms with van der Waals surface area (Å²) in [5.41, 5.74) is 6.92. The summed E-state index contributed by atoms with van der Waals surface area (Å²) < 4.78 is 0. The van der Waals surface area contributed by atoms with E-state index in [0.717, 1.165) is 23.5 Å². The summed E-state index contributed by atoms with van der Waals surface area (Å²) in [6.45, 7) is 1.98. The van der Waals surface area contributed by atoms with Crippen LogP contribution in [0.15, 0.2) is 24.3 Å². The van der Waals surface area contributed by atoms with E-state index in [1.807, 2.05) is 19.1 Å². The smallest absolute Gasteiger partial charge is 0.335 e. The van der Waals surface area contributed by atoms with Gasteiger partial charge in [0.25, 0.3) is 0 Å². The minimum Gasteiger partial charge on any atom is -0.478 e. The lowest BCUT2D eigenvalue weighted by molar-refractivity contribution is 0.0696. The molecule has 0 amide bonds. The van der Waals surface area contributed by atoms with Crippen LogP contribution in [0.3, 0.4) is 0 Å². The molecule has 1 unspecified atom stereocenters. The molecule has 1 rings (SSSR count). The maximum absolute atomic E-state index is 10.9. The van der Waals surface area contributed by atoms with Crippen molar-refractivity contribution in [3.8, 4) is 0 Å². The predicted molar refractivity (Wildman–Crippen MR) is 67.8 cm³/mol. The van der Waals surface area contributed by atoms with Gasteiger partial charge in [0.2, 0.25) is 0 Å². The van der Waals surface area contributed by atoms with E-state index in [2.05, 4.69) is 0 Å². The zero-order valence-corrected chi connectivity index (χ0v) is 10.2. The van der Waals surface area contributed by atoms with Crippen molar-refractivity contribution in [2.45, 2.75) is 25.1 Å². The molecule has 0 aliphatic carbocycles. The van der Waals surface area contributed by atoms with Crippen LogP contribution < -0.4 is 5.73 Å². The Morgan fingerprint density at radius 2 is 2.19 bits per heavy atom. The van der Waals surface area contributed by atoms with E-state index >= 15 is 0 Å². The second-order valence-electron chi connectivity index (χ2n) is 3.78. The quantitative estimate of drug-likeness (QED) is 0.748. The third-order valence-electron chi connectivity index (χ3n) is 2.22. The van der Waals surface area contributed by atoms with Crippen molar-refractivity contribution in [2.75, 3.05) is 5.75 Å².